The van der Waals surface area contributed by atoms with Gasteiger partial charge in [0.1, 0.15) is 5.65 Å². The predicted molar refractivity (Wildman–Crippen MR) is 78.7 cm³/mol. The van der Waals surface area contributed by atoms with Gasteiger partial charge in [-0.3, -0.25) is 9.69 Å². The zero-order valence-corrected chi connectivity index (χ0v) is 12.0. The minimum Gasteiger partial charge on any atom is -0.325 e. The number of nitrogens with zero attached hydrogens (tertiary/aromatic N) is 3. The third-order valence-electron chi connectivity index (χ3n) is 3.85. The Hall–Kier alpha value is -1.88. The molecule has 5 heteroatoms. The van der Waals surface area contributed by atoms with Crippen molar-refractivity contribution < 1.29 is 4.79 Å². The number of carbonyl (C=O) groups is 1. The molecule has 0 saturated carbocycles. The molecule has 0 spiro atoms. The summed E-state index contributed by atoms with van der Waals surface area (Å²) < 4.78 is 2.05. The van der Waals surface area contributed by atoms with Crippen LogP contribution in [0.5, 0.6) is 0 Å². The van der Waals surface area contributed by atoms with E-state index >= 15 is 0 Å². The van der Waals surface area contributed by atoms with Crippen molar-refractivity contribution in [2.24, 2.45) is 0 Å². The Morgan fingerprint density at radius 2 is 2.10 bits per heavy atom. The molecule has 2 aromatic heterocycles. The normalized spacial score (nSPS) is 15.9. The monoisotopic (exact) mass is 272 g/mol. The predicted octanol–water partition coefficient (Wildman–Crippen LogP) is 2.20. The van der Waals surface area contributed by atoms with E-state index in [0.29, 0.717) is 0 Å². The zero-order chi connectivity index (χ0) is 14.1. The first-order valence-electron chi connectivity index (χ1n) is 7.11. The van der Waals surface area contributed by atoms with Crippen molar-refractivity contribution in [2.75, 3.05) is 18.4 Å². The average Bonchev–Trinajstić information content (AvgIpc) is 3.00. The van der Waals surface area contributed by atoms with Crippen LogP contribution in [0.3, 0.4) is 0 Å². The lowest BCUT2D eigenvalue weighted by Crippen LogP contribution is -2.19. The maximum Gasteiger partial charge on any atom is 0.221 e. The van der Waals surface area contributed by atoms with E-state index in [1.54, 1.807) is 0 Å². The smallest absolute Gasteiger partial charge is 0.221 e. The van der Waals surface area contributed by atoms with Crippen LogP contribution in [0.15, 0.2) is 18.3 Å². The number of pyridine rings is 1. The highest BCUT2D eigenvalue weighted by atomic mass is 16.1. The molecule has 1 saturated heterocycles. The molecular weight excluding hydrogens is 252 g/mol. The lowest BCUT2D eigenvalue weighted by molar-refractivity contribution is -0.114. The molecule has 0 radical (unpaired) electrons. The molecule has 5 nitrogen and oxygen atoms in total. The topological polar surface area (TPSA) is 49.6 Å². The number of aromatic nitrogens is 2. The Labute approximate surface area is 118 Å². The van der Waals surface area contributed by atoms with E-state index in [-0.39, 0.29) is 5.91 Å². The molecule has 0 bridgehead atoms. The number of fused-ring (bicyclic) bond motifs is 1. The van der Waals surface area contributed by atoms with Gasteiger partial charge in [-0.15, -0.1) is 0 Å². The fraction of sp³-hybridized carbons (Fsp3) is 0.467. The SMILES string of the molecule is CC(=O)Nc1ccc2nc(CN3CCCC3)c(C)n2c1. The van der Waals surface area contributed by atoms with Crippen molar-refractivity contribution in [3.8, 4) is 0 Å². The van der Waals surface area contributed by atoms with Crippen LogP contribution in [-0.4, -0.2) is 33.3 Å². The molecule has 106 valence electrons. The summed E-state index contributed by atoms with van der Waals surface area (Å²) in [5, 5.41) is 2.81. The Morgan fingerprint density at radius 1 is 1.35 bits per heavy atom. The molecular formula is C15H20N4O. The highest BCUT2D eigenvalue weighted by Gasteiger charge is 2.16. The lowest BCUT2D eigenvalue weighted by Gasteiger charge is -2.12. The second kappa shape index (κ2) is 5.25. The molecule has 3 rings (SSSR count). The molecule has 1 fully saturated rings. The first kappa shape index (κ1) is 13.1. The van der Waals surface area contributed by atoms with E-state index in [4.69, 9.17) is 4.98 Å². The molecule has 1 aliphatic heterocycles. The summed E-state index contributed by atoms with van der Waals surface area (Å²) in [7, 11) is 0. The number of nitrogens with one attached hydrogen (secondary N) is 1. The highest BCUT2D eigenvalue weighted by molar-refractivity contribution is 5.88. The van der Waals surface area contributed by atoms with Crippen molar-refractivity contribution >= 4 is 17.2 Å². The fourth-order valence-corrected chi connectivity index (χ4v) is 2.79. The van der Waals surface area contributed by atoms with Crippen LogP contribution < -0.4 is 5.32 Å². The van der Waals surface area contributed by atoms with Crippen LogP contribution in [-0.2, 0) is 11.3 Å². The van der Waals surface area contributed by atoms with Gasteiger partial charge in [-0.05, 0) is 45.0 Å². The first-order valence-corrected chi connectivity index (χ1v) is 7.11. The molecule has 0 aliphatic carbocycles. The van der Waals surface area contributed by atoms with E-state index in [0.717, 1.165) is 29.3 Å². The highest BCUT2D eigenvalue weighted by Crippen LogP contribution is 2.19. The van der Waals surface area contributed by atoms with Crippen LogP contribution in [0.2, 0.25) is 0 Å². The molecule has 0 atom stereocenters. The molecule has 3 heterocycles. The summed E-state index contributed by atoms with van der Waals surface area (Å²) in [6, 6.07) is 3.84. The molecule has 1 amide bonds. The van der Waals surface area contributed by atoms with E-state index in [2.05, 4.69) is 21.5 Å². The lowest BCUT2D eigenvalue weighted by atomic mass is 10.3. The second-order valence-corrected chi connectivity index (χ2v) is 5.45. The van der Waals surface area contributed by atoms with Crippen molar-refractivity contribution in [3.05, 3.63) is 29.7 Å². The van der Waals surface area contributed by atoms with Crippen LogP contribution in [0.4, 0.5) is 5.69 Å². The Morgan fingerprint density at radius 3 is 2.80 bits per heavy atom. The largest absolute Gasteiger partial charge is 0.325 e. The standard InChI is InChI=1S/C15H20N4O/c1-11-14(10-18-7-3-4-8-18)17-15-6-5-13(9-19(11)15)16-12(2)20/h5-6,9H,3-4,7-8,10H2,1-2H3,(H,16,20). The Kier molecular flexibility index (Phi) is 3.44. The molecule has 20 heavy (non-hydrogen) atoms. The molecule has 0 aromatic carbocycles. The van der Waals surface area contributed by atoms with Crippen molar-refractivity contribution in [3.63, 3.8) is 0 Å². The van der Waals surface area contributed by atoms with Gasteiger partial charge in [-0.25, -0.2) is 4.98 Å². The molecule has 1 aliphatic rings. The van der Waals surface area contributed by atoms with E-state index < -0.39 is 0 Å². The maximum atomic E-state index is 11.1. The minimum absolute atomic E-state index is 0.0561. The third-order valence-corrected chi connectivity index (χ3v) is 3.85. The number of aryl methyl sites for hydroxylation is 1. The fourth-order valence-electron chi connectivity index (χ4n) is 2.79. The number of rotatable bonds is 3. The van der Waals surface area contributed by atoms with Gasteiger partial charge in [-0.1, -0.05) is 0 Å². The van der Waals surface area contributed by atoms with Gasteiger partial charge in [0.15, 0.2) is 0 Å². The minimum atomic E-state index is -0.0561. The molecule has 0 unspecified atom stereocenters. The summed E-state index contributed by atoms with van der Waals surface area (Å²) in [4.78, 5) is 18.3. The summed E-state index contributed by atoms with van der Waals surface area (Å²) in [6.07, 6.45) is 4.52. The van der Waals surface area contributed by atoms with E-state index in [1.165, 1.54) is 32.9 Å². The second-order valence-electron chi connectivity index (χ2n) is 5.45. The molecule has 1 N–H and O–H groups in total. The molecule has 2 aromatic rings. The quantitative estimate of drug-likeness (QED) is 0.932. The third kappa shape index (κ3) is 2.54. The van der Waals surface area contributed by atoms with Gasteiger partial charge < -0.3 is 9.72 Å². The Balaban J connectivity index is 1.90. The Bertz CT molecular complexity index is 641. The van der Waals surface area contributed by atoms with Crippen molar-refractivity contribution in [1.29, 1.82) is 0 Å². The van der Waals surface area contributed by atoms with Gasteiger partial charge in [0.2, 0.25) is 5.91 Å². The number of carbonyl (C=O) groups excluding carboxylic acids is 1. The summed E-state index contributed by atoms with van der Waals surface area (Å²) in [5.74, 6) is -0.0561. The van der Waals surface area contributed by atoms with Crippen LogP contribution in [0.25, 0.3) is 5.65 Å². The zero-order valence-electron chi connectivity index (χ0n) is 12.0. The van der Waals surface area contributed by atoms with Crippen LogP contribution in [0.1, 0.15) is 31.2 Å². The number of imidazole rings is 1. The van der Waals surface area contributed by atoms with Gasteiger partial charge in [0.05, 0.1) is 11.4 Å². The number of likely N-dealkylation sites (tertiary alicyclic amines) is 1. The summed E-state index contributed by atoms with van der Waals surface area (Å²) >= 11 is 0. The average molecular weight is 272 g/mol. The first-order chi connectivity index (χ1) is 9.63. The maximum absolute atomic E-state index is 11.1. The van der Waals surface area contributed by atoms with E-state index in [9.17, 15) is 4.79 Å². The van der Waals surface area contributed by atoms with Crippen molar-refractivity contribution in [2.45, 2.75) is 33.2 Å². The van der Waals surface area contributed by atoms with Gasteiger partial charge in [0.25, 0.3) is 0 Å². The van der Waals surface area contributed by atoms with Gasteiger partial charge >= 0.3 is 0 Å². The summed E-state index contributed by atoms with van der Waals surface area (Å²) in [6.45, 7) is 6.87. The van der Waals surface area contributed by atoms with Crippen LogP contribution >= 0.6 is 0 Å². The van der Waals surface area contributed by atoms with Gasteiger partial charge in [0, 0.05) is 25.4 Å². The van der Waals surface area contributed by atoms with E-state index in [1.807, 2.05) is 18.3 Å². The number of hydrogen-bond acceptors (Lipinski definition) is 3. The van der Waals surface area contributed by atoms with Crippen molar-refractivity contribution in [1.82, 2.24) is 14.3 Å². The number of amides is 1. The summed E-state index contributed by atoms with van der Waals surface area (Å²) in [5.41, 5.74) is 4.02. The van der Waals surface area contributed by atoms with Crippen LogP contribution in [0, 0.1) is 6.92 Å². The van der Waals surface area contributed by atoms with Gasteiger partial charge in [-0.2, -0.15) is 0 Å². The number of hydrogen-bond donors (Lipinski definition) is 1. The number of anilines is 1.